The summed E-state index contributed by atoms with van der Waals surface area (Å²) in [6.07, 6.45) is 0. The Balaban J connectivity index is 2.42. The first-order valence-corrected chi connectivity index (χ1v) is 6.24. The first-order valence-electron chi connectivity index (χ1n) is 6.24. The molecule has 0 saturated carbocycles. The van der Waals surface area contributed by atoms with E-state index in [2.05, 4.69) is 13.8 Å². The number of Topliss-reactive ketones (excluding diaryl/α,β-unsaturated/α-hetero) is 1. The fourth-order valence-corrected chi connectivity index (χ4v) is 1.91. The molecule has 0 N–H and O–H groups in total. The lowest BCUT2D eigenvalue weighted by molar-refractivity contribution is 0.101. The summed E-state index contributed by atoms with van der Waals surface area (Å²) in [5.74, 6) is 1.40. The fraction of sp³-hybridized carbons (Fsp3) is 0.312. The van der Waals surface area contributed by atoms with Crippen LogP contribution >= 0.6 is 0 Å². The largest absolute Gasteiger partial charge is 0.493 e. The van der Waals surface area contributed by atoms with Gasteiger partial charge in [-0.2, -0.15) is 0 Å². The van der Waals surface area contributed by atoms with E-state index in [0.717, 1.165) is 22.1 Å². The van der Waals surface area contributed by atoms with Crippen molar-refractivity contribution in [3.8, 4) is 5.75 Å². The van der Waals surface area contributed by atoms with Crippen molar-refractivity contribution in [1.29, 1.82) is 0 Å². The van der Waals surface area contributed by atoms with Crippen molar-refractivity contribution in [3.05, 3.63) is 42.0 Å². The highest BCUT2D eigenvalue weighted by Gasteiger charge is 2.06. The Hall–Kier alpha value is -1.83. The van der Waals surface area contributed by atoms with E-state index in [1.165, 1.54) is 0 Å². The average molecular weight is 242 g/mol. The van der Waals surface area contributed by atoms with Gasteiger partial charge in [-0.3, -0.25) is 4.79 Å². The van der Waals surface area contributed by atoms with Crippen LogP contribution < -0.4 is 4.74 Å². The maximum Gasteiger partial charge on any atom is 0.160 e. The van der Waals surface area contributed by atoms with Crippen LogP contribution in [-0.2, 0) is 0 Å². The molecule has 2 heteroatoms. The number of rotatable bonds is 4. The molecule has 0 aliphatic heterocycles. The Labute approximate surface area is 108 Å². The van der Waals surface area contributed by atoms with Crippen LogP contribution in [-0.4, -0.2) is 12.4 Å². The van der Waals surface area contributed by atoms with E-state index in [-0.39, 0.29) is 5.78 Å². The lowest BCUT2D eigenvalue weighted by Gasteiger charge is -2.10. The van der Waals surface area contributed by atoms with Crippen LogP contribution in [0, 0.1) is 5.92 Å². The first-order chi connectivity index (χ1) is 8.58. The number of carbonyl (C=O) groups is 1. The van der Waals surface area contributed by atoms with E-state index in [1.54, 1.807) is 6.92 Å². The highest BCUT2D eigenvalue weighted by Crippen LogP contribution is 2.24. The minimum atomic E-state index is 0.0848. The molecule has 0 bridgehead atoms. The quantitative estimate of drug-likeness (QED) is 0.755. The van der Waals surface area contributed by atoms with Crippen molar-refractivity contribution < 1.29 is 9.53 Å². The molecule has 0 atom stereocenters. The number of ketones is 1. The summed E-state index contributed by atoms with van der Waals surface area (Å²) < 4.78 is 5.70. The van der Waals surface area contributed by atoms with Crippen molar-refractivity contribution in [2.45, 2.75) is 20.8 Å². The molecule has 2 aromatic carbocycles. The van der Waals surface area contributed by atoms with Crippen molar-refractivity contribution in [1.82, 2.24) is 0 Å². The summed E-state index contributed by atoms with van der Waals surface area (Å²) in [4.78, 5) is 11.6. The van der Waals surface area contributed by atoms with Crippen LogP contribution in [0.15, 0.2) is 36.4 Å². The number of benzene rings is 2. The molecular formula is C16H18O2. The molecule has 18 heavy (non-hydrogen) atoms. The molecule has 0 radical (unpaired) electrons. The third-order valence-electron chi connectivity index (χ3n) is 2.82. The molecule has 2 aromatic rings. The lowest BCUT2D eigenvalue weighted by atomic mass is 10.0. The predicted octanol–water partition coefficient (Wildman–Crippen LogP) is 4.08. The van der Waals surface area contributed by atoms with Crippen LogP contribution in [0.3, 0.4) is 0 Å². The van der Waals surface area contributed by atoms with Crippen molar-refractivity contribution in [3.63, 3.8) is 0 Å². The summed E-state index contributed by atoms with van der Waals surface area (Å²) in [7, 11) is 0. The zero-order valence-corrected chi connectivity index (χ0v) is 11.1. The van der Waals surface area contributed by atoms with E-state index in [0.29, 0.717) is 12.5 Å². The summed E-state index contributed by atoms with van der Waals surface area (Å²) in [6, 6.07) is 11.7. The summed E-state index contributed by atoms with van der Waals surface area (Å²) in [5.41, 5.74) is 0.752. The van der Waals surface area contributed by atoms with Crippen LogP contribution in [0.1, 0.15) is 31.1 Å². The average Bonchev–Trinajstić information content (AvgIpc) is 2.35. The standard InChI is InChI=1S/C16H18O2/c1-11(2)10-18-14-8-7-13-5-4-6-15(12(3)17)16(13)9-14/h4-9,11H,10H2,1-3H3. The third kappa shape index (κ3) is 2.70. The molecule has 2 rings (SSSR count). The normalized spacial score (nSPS) is 10.9. The molecule has 2 nitrogen and oxygen atoms in total. The number of hydrogen-bond acceptors (Lipinski definition) is 2. The Bertz CT molecular complexity index is 570. The van der Waals surface area contributed by atoms with E-state index in [1.807, 2.05) is 36.4 Å². The van der Waals surface area contributed by atoms with Gasteiger partial charge in [0.05, 0.1) is 6.61 Å². The topological polar surface area (TPSA) is 26.3 Å². The van der Waals surface area contributed by atoms with Crippen molar-refractivity contribution >= 4 is 16.6 Å². The minimum Gasteiger partial charge on any atom is -0.493 e. The highest BCUT2D eigenvalue weighted by molar-refractivity contribution is 6.07. The molecule has 0 aliphatic rings. The molecule has 0 heterocycles. The monoisotopic (exact) mass is 242 g/mol. The van der Waals surface area contributed by atoms with Gasteiger partial charge in [0.15, 0.2) is 5.78 Å². The van der Waals surface area contributed by atoms with Gasteiger partial charge in [0.1, 0.15) is 5.75 Å². The van der Waals surface area contributed by atoms with Crippen molar-refractivity contribution in [2.75, 3.05) is 6.61 Å². The molecule has 0 amide bonds. The Morgan fingerprint density at radius 2 is 2.00 bits per heavy atom. The van der Waals surface area contributed by atoms with Gasteiger partial charge in [-0.15, -0.1) is 0 Å². The molecule has 0 fully saturated rings. The van der Waals surface area contributed by atoms with E-state index >= 15 is 0 Å². The smallest absolute Gasteiger partial charge is 0.160 e. The predicted molar refractivity (Wildman–Crippen MR) is 74.3 cm³/mol. The second kappa shape index (κ2) is 5.21. The van der Waals surface area contributed by atoms with Crippen molar-refractivity contribution in [2.24, 2.45) is 5.92 Å². The van der Waals surface area contributed by atoms with E-state index in [4.69, 9.17) is 4.74 Å². The third-order valence-corrected chi connectivity index (χ3v) is 2.82. The molecule has 0 unspecified atom stereocenters. The lowest BCUT2D eigenvalue weighted by Crippen LogP contribution is -2.04. The van der Waals surface area contributed by atoms with Gasteiger partial charge in [0.25, 0.3) is 0 Å². The van der Waals surface area contributed by atoms with Gasteiger partial charge in [0.2, 0.25) is 0 Å². The molecule has 0 saturated heterocycles. The van der Waals surface area contributed by atoms with Gasteiger partial charge in [-0.1, -0.05) is 38.1 Å². The number of fused-ring (bicyclic) bond motifs is 1. The number of carbonyl (C=O) groups excluding carboxylic acids is 1. The fourth-order valence-electron chi connectivity index (χ4n) is 1.91. The highest BCUT2D eigenvalue weighted by atomic mass is 16.5. The molecule has 0 aliphatic carbocycles. The van der Waals surface area contributed by atoms with E-state index < -0.39 is 0 Å². The Morgan fingerprint density at radius 3 is 2.67 bits per heavy atom. The second-order valence-corrected chi connectivity index (χ2v) is 4.95. The molecule has 0 spiro atoms. The summed E-state index contributed by atoms with van der Waals surface area (Å²) in [5, 5.41) is 2.03. The Morgan fingerprint density at radius 1 is 1.22 bits per heavy atom. The Kier molecular flexibility index (Phi) is 3.66. The minimum absolute atomic E-state index is 0.0848. The number of hydrogen-bond donors (Lipinski definition) is 0. The van der Waals surface area contributed by atoms with E-state index in [9.17, 15) is 4.79 Å². The van der Waals surface area contributed by atoms with Crippen LogP contribution in [0.2, 0.25) is 0 Å². The number of ether oxygens (including phenoxy) is 1. The van der Waals surface area contributed by atoms with Gasteiger partial charge in [-0.05, 0) is 35.7 Å². The maximum absolute atomic E-state index is 11.6. The van der Waals surface area contributed by atoms with Gasteiger partial charge < -0.3 is 4.74 Å². The molecule has 0 aromatic heterocycles. The first kappa shape index (κ1) is 12.6. The van der Waals surface area contributed by atoms with Crippen LogP contribution in [0.25, 0.3) is 10.8 Å². The van der Waals surface area contributed by atoms with Gasteiger partial charge >= 0.3 is 0 Å². The molecule has 94 valence electrons. The maximum atomic E-state index is 11.6. The van der Waals surface area contributed by atoms with Gasteiger partial charge in [-0.25, -0.2) is 0 Å². The zero-order chi connectivity index (χ0) is 13.1. The second-order valence-electron chi connectivity index (χ2n) is 4.95. The molecular weight excluding hydrogens is 224 g/mol. The SMILES string of the molecule is CC(=O)c1cccc2ccc(OCC(C)C)cc12. The van der Waals surface area contributed by atoms with Gasteiger partial charge in [0, 0.05) is 5.56 Å². The summed E-state index contributed by atoms with van der Waals surface area (Å²) in [6.45, 7) is 6.51. The van der Waals surface area contributed by atoms with Crippen LogP contribution in [0.5, 0.6) is 5.75 Å². The zero-order valence-electron chi connectivity index (χ0n) is 11.1. The summed E-state index contributed by atoms with van der Waals surface area (Å²) >= 11 is 0. The van der Waals surface area contributed by atoms with Crippen LogP contribution in [0.4, 0.5) is 0 Å².